The molecule has 0 aliphatic carbocycles. The number of aromatic nitrogens is 2. The van der Waals surface area contributed by atoms with Crippen molar-refractivity contribution >= 4 is 23.4 Å². The van der Waals surface area contributed by atoms with Gasteiger partial charge in [0.25, 0.3) is 5.91 Å². The third kappa shape index (κ3) is 5.08. The van der Waals surface area contributed by atoms with E-state index in [4.69, 9.17) is 0 Å². The largest absolute Gasteiger partial charge is 0.369 e. The Balaban J connectivity index is 1.30. The van der Waals surface area contributed by atoms with Crippen LogP contribution in [0, 0.1) is 5.82 Å². The minimum Gasteiger partial charge on any atom is -0.369 e. The van der Waals surface area contributed by atoms with Crippen molar-refractivity contribution in [2.75, 3.05) is 50.4 Å². The number of hydrogen-bond acceptors (Lipinski definition) is 5. The summed E-state index contributed by atoms with van der Waals surface area (Å²) in [4.78, 5) is 21.8. The van der Waals surface area contributed by atoms with E-state index in [1.54, 1.807) is 6.20 Å². The first-order valence-electron chi connectivity index (χ1n) is 10.3. The molecule has 4 rings (SSSR count). The van der Waals surface area contributed by atoms with Gasteiger partial charge < -0.3 is 10.2 Å². The first kappa shape index (κ1) is 21.4. The normalized spacial score (nSPS) is 14.6. The van der Waals surface area contributed by atoms with Gasteiger partial charge in [-0.2, -0.15) is 0 Å². The minimum absolute atomic E-state index is 0.124. The highest BCUT2D eigenvalue weighted by Gasteiger charge is 2.19. The molecule has 1 N–H and O–H groups in total. The fourth-order valence-corrected chi connectivity index (χ4v) is 4.31. The molecule has 0 bridgehead atoms. The maximum atomic E-state index is 13.1. The summed E-state index contributed by atoms with van der Waals surface area (Å²) in [6.45, 7) is 4.95. The highest BCUT2D eigenvalue weighted by Crippen LogP contribution is 2.21. The molecule has 0 radical (unpaired) electrons. The van der Waals surface area contributed by atoms with Gasteiger partial charge >= 0.3 is 0 Å². The first-order chi connectivity index (χ1) is 15.2. The van der Waals surface area contributed by atoms with Crippen molar-refractivity contribution in [2.45, 2.75) is 5.16 Å². The van der Waals surface area contributed by atoms with Crippen LogP contribution in [0.1, 0.15) is 10.5 Å². The summed E-state index contributed by atoms with van der Waals surface area (Å²) in [6, 6.07) is 16.4. The van der Waals surface area contributed by atoms with Gasteiger partial charge in [-0.15, -0.1) is 0 Å². The third-order valence-corrected chi connectivity index (χ3v) is 6.09. The van der Waals surface area contributed by atoms with Crippen LogP contribution in [0.4, 0.5) is 10.1 Å². The monoisotopic (exact) mass is 439 g/mol. The summed E-state index contributed by atoms with van der Waals surface area (Å²) in [6.07, 6.45) is 3.59. The number of carbonyl (C=O) groups excluding carboxylic acids is 1. The van der Waals surface area contributed by atoms with Crippen LogP contribution >= 0.6 is 11.8 Å². The van der Waals surface area contributed by atoms with E-state index in [1.807, 2.05) is 53.3 Å². The molecule has 0 unspecified atom stereocenters. The van der Waals surface area contributed by atoms with E-state index >= 15 is 0 Å². The van der Waals surface area contributed by atoms with Crippen LogP contribution in [-0.4, -0.2) is 65.9 Å². The molecule has 3 aromatic rings. The second-order valence-electron chi connectivity index (χ2n) is 7.36. The van der Waals surface area contributed by atoms with E-state index in [1.165, 1.54) is 23.9 Å². The molecule has 1 aliphatic heterocycles. The quantitative estimate of drug-likeness (QED) is 0.573. The van der Waals surface area contributed by atoms with Crippen molar-refractivity contribution < 1.29 is 9.18 Å². The lowest BCUT2D eigenvalue weighted by Gasteiger charge is -2.36. The topological polar surface area (TPSA) is 53.4 Å². The Labute approximate surface area is 186 Å². The van der Waals surface area contributed by atoms with Crippen LogP contribution in [0.5, 0.6) is 0 Å². The molecular formula is C23H26FN5OS. The molecule has 1 aromatic heterocycles. The lowest BCUT2D eigenvalue weighted by atomic mass is 10.2. The molecule has 0 saturated carbocycles. The Morgan fingerprint density at radius 3 is 2.42 bits per heavy atom. The van der Waals surface area contributed by atoms with E-state index in [-0.39, 0.29) is 11.7 Å². The Morgan fingerprint density at radius 1 is 1.03 bits per heavy atom. The summed E-state index contributed by atoms with van der Waals surface area (Å²) in [5, 5.41) is 3.82. The van der Waals surface area contributed by atoms with Gasteiger partial charge in [-0.3, -0.25) is 14.3 Å². The number of nitrogens with zero attached hydrogens (tertiary/aromatic N) is 4. The first-order valence-corrected chi connectivity index (χ1v) is 11.6. The van der Waals surface area contributed by atoms with Gasteiger partial charge in [-0.05, 0) is 42.7 Å². The smallest absolute Gasteiger partial charge is 0.270 e. The molecule has 2 aromatic carbocycles. The van der Waals surface area contributed by atoms with Crippen molar-refractivity contribution in [3.05, 3.63) is 72.3 Å². The lowest BCUT2D eigenvalue weighted by Crippen LogP contribution is -2.48. The summed E-state index contributed by atoms with van der Waals surface area (Å²) in [5.41, 5.74) is 2.51. The maximum Gasteiger partial charge on any atom is 0.270 e. The van der Waals surface area contributed by atoms with E-state index < -0.39 is 0 Å². The fourth-order valence-electron chi connectivity index (χ4n) is 3.77. The number of thioether (sulfide) groups is 1. The van der Waals surface area contributed by atoms with E-state index in [0.29, 0.717) is 12.2 Å². The average Bonchev–Trinajstić information content (AvgIpc) is 3.25. The predicted molar refractivity (Wildman–Crippen MR) is 123 cm³/mol. The highest BCUT2D eigenvalue weighted by molar-refractivity contribution is 7.98. The van der Waals surface area contributed by atoms with E-state index in [0.717, 1.165) is 49.3 Å². The molecule has 162 valence electrons. The van der Waals surface area contributed by atoms with Gasteiger partial charge in [0.15, 0.2) is 5.16 Å². The van der Waals surface area contributed by atoms with Gasteiger partial charge in [-0.25, -0.2) is 9.37 Å². The lowest BCUT2D eigenvalue weighted by molar-refractivity contribution is 0.0940. The number of carbonyl (C=O) groups is 1. The summed E-state index contributed by atoms with van der Waals surface area (Å²) in [7, 11) is 0. The summed E-state index contributed by atoms with van der Waals surface area (Å²) >= 11 is 1.51. The predicted octanol–water partition coefficient (Wildman–Crippen LogP) is 3.29. The van der Waals surface area contributed by atoms with Crippen LogP contribution in [-0.2, 0) is 0 Å². The second kappa shape index (κ2) is 9.98. The summed E-state index contributed by atoms with van der Waals surface area (Å²) in [5.74, 6) is -0.335. The Morgan fingerprint density at radius 2 is 1.74 bits per heavy atom. The minimum atomic E-state index is -0.212. The van der Waals surface area contributed by atoms with Gasteiger partial charge in [0, 0.05) is 50.6 Å². The van der Waals surface area contributed by atoms with Crippen LogP contribution < -0.4 is 10.2 Å². The van der Waals surface area contributed by atoms with Crippen LogP contribution in [0.2, 0.25) is 0 Å². The Bertz CT molecular complexity index is 1000. The number of imidazole rings is 1. The molecule has 2 heterocycles. The molecule has 8 heteroatoms. The fraction of sp³-hybridized carbons (Fsp3) is 0.304. The zero-order valence-corrected chi connectivity index (χ0v) is 18.3. The number of anilines is 1. The van der Waals surface area contributed by atoms with Crippen molar-refractivity contribution in [1.82, 2.24) is 19.8 Å². The van der Waals surface area contributed by atoms with Crippen LogP contribution in [0.15, 0.2) is 66.0 Å². The number of piperazine rings is 1. The van der Waals surface area contributed by atoms with Crippen molar-refractivity contribution in [1.29, 1.82) is 0 Å². The standard InChI is InChI=1S/C23H26FN5OS/c1-31-23-26-17-21(29(23)20-5-3-2-4-6-20)22(30)25-11-12-27-13-15-28(16-14-27)19-9-7-18(24)8-10-19/h2-10,17H,11-16H2,1H3,(H,25,30). The molecule has 31 heavy (non-hydrogen) atoms. The van der Waals surface area contributed by atoms with Gasteiger partial charge in [0.1, 0.15) is 11.5 Å². The van der Waals surface area contributed by atoms with E-state index in [2.05, 4.69) is 20.1 Å². The van der Waals surface area contributed by atoms with Crippen molar-refractivity contribution in [3.63, 3.8) is 0 Å². The number of nitrogens with one attached hydrogen (secondary N) is 1. The third-order valence-electron chi connectivity index (χ3n) is 5.44. The molecule has 0 atom stereocenters. The number of halogens is 1. The van der Waals surface area contributed by atoms with E-state index in [9.17, 15) is 9.18 Å². The zero-order chi connectivity index (χ0) is 21.6. The van der Waals surface area contributed by atoms with Crippen LogP contribution in [0.25, 0.3) is 5.69 Å². The number of rotatable bonds is 7. The van der Waals surface area contributed by atoms with Crippen molar-refractivity contribution in [3.8, 4) is 5.69 Å². The molecule has 1 saturated heterocycles. The number of benzene rings is 2. The number of para-hydroxylation sites is 1. The van der Waals surface area contributed by atoms with Gasteiger partial charge in [-0.1, -0.05) is 30.0 Å². The Hall–Kier alpha value is -2.84. The molecule has 1 fully saturated rings. The van der Waals surface area contributed by atoms with Crippen molar-refractivity contribution in [2.24, 2.45) is 0 Å². The highest BCUT2D eigenvalue weighted by atomic mass is 32.2. The zero-order valence-electron chi connectivity index (χ0n) is 17.5. The molecule has 6 nitrogen and oxygen atoms in total. The molecule has 1 aliphatic rings. The molecule has 1 amide bonds. The second-order valence-corrected chi connectivity index (χ2v) is 8.14. The van der Waals surface area contributed by atoms with Crippen LogP contribution in [0.3, 0.4) is 0 Å². The summed E-state index contributed by atoms with van der Waals surface area (Å²) < 4.78 is 15.0. The average molecular weight is 440 g/mol. The number of amides is 1. The molecule has 0 spiro atoms. The SMILES string of the molecule is CSc1ncc(C(=O)NCCN2CCN(c3ccc(F)cc3)CC2)n1-c1ccccc1. The molecular weight excluding hydrogens is 413 g/mol. The number of hydrogen-bond donors (Lipinski definition) is 1. The van der Waals surface area contributed by atoms with Gasteiger partial charge in [0.2, 0.25) is 0 Å². The van der Waals surface area contributed by atoms with Gasteiger partial charge in [0.05, 0.1) is 6.20 Å². The maximum absolute atomic E-state index is 13.1. The Kier molecular flexibility index (Phi) is 6.89.